The summed E-state index contributed by atoms with van der Waals surface area (Å²) in [6, 6.07) is 5.08. The Morgan fingerprint density at radius 3 is 2.07 bits per heavy atom. The fraction of sp³-hybridized carbons (Fsp3) is 0.545. The summed E-state index contributed by atoms with van der Waals surface area (Å²) in [6.45, 7) is 2.61. The van der Waals surface area contributed by atoms with Gasteiger partial charge in [0.05, 0.1) is 19.8 Å². The van der Waals surface area contributed by atoms with Crippen molar-refractivity contribution in [2.75, 3.05) is 20.8 Å². The van der Waals surface area contributed by atoms with Gasteiger partial charge in [-0.05, 0) is 24.1 Å². The first-order valence-electron chi connectivity index (χ1n) is 10.0. The van der Waals surface area contributed by atoms with Crippen molar-refractivity contribution in [3.05, 3.63) is 28.8 Å². The molecule has 0 N–H and O–H groups in total. The number of ether oxygens (including phenoxy) is 2. The minimum atomic E-state index is -0.417. The molecule has 0 saturated carbocycles. The van der Waals surface area contributed by atoms with Gasteiger partial charge in [0.2, 0.25) is 0 Å². The van der Waals surface area contributed by atoms with Crippen LogP contribution in [0.4, 0.5) is 0 Å². The smallest absolute Gasteiger partial charge is 0.273 e. The van der Waals surface area contributed by atoms with Crippen LogP contribution < -0.4 is 9.47 Å². The first kappa shape index (κ1) is 22.3. The highest BCUT2D eigenvalue weighted by molar-refractivity contribution is 6.55. The van der Waals surface area contributed by atoms with E-state index in [2.05, 4.69) is 6.92 Å². The molecule has 0 saturated heterocycles. The molecule has 28 heavy (non-hydrogen) atoms. The maximum absolute atomic E-state index is 12.8. The summed E-state index contributed by atoms with van der Waals surface area (Å²) in [5.74, 6) is 0.277. The van der Waals surface area contributed by atoms with Crippen LogP contribution in [-0.4, -0.2) is 37.5 Å². The van der Waals surface area contributed by atoms with E-state index in [0.29, 0.717) is 23.6 Å². The Balaban J connectivity index is 1.95. The number of imide groups is 1. The molecule has 1 heterocycles. The van der Waals surface area contributed by atoms with Crippen molar-refractivity contribution in [1.29, 1.82) is 0 Å². The predicted octanol–water partition coefficient (Wildman–Crippen LogP) is 5.16. The van der Waals surface area contributed by atoms with Gasteiger partial charge in [-0.2, -0.15) is 0 Å². The van der Waals surface area contributed by atoms with Gasteiger partial charge in [-0.25, -0.2) is 0 Å². The maximum atomic E-state index is 12.8. The van der Waals surface area contributed by atoms with Gasteiger partial charge in [-0.15, -0.1) is 0 Å². The average molecular weight is 408 g/mol. The Kier molecular flexibility index (Phi) is 8.84. The number of nitrogens with zero attached hydrogens (tertiary/aromatic N) is 1. The van der Waals surface area contributed by atoms with Gasteiger partial charge in [-0.1, -0.05) is 69.5 Å². The van der Waals surface area contributed by atoms with Crippen molar-refractivity contribution in [3.8, 4) is 11.5 Å². The Bertz CT molecular complexity index is 729. The number of amides is 2. The fourth-order valence-electron chi connectivity index (χ4n) is 3.40. The minimum Gasteiger partial charge on any atom is -0.493 e. The molecule has 0 aromatic heterocycles. The molecule has 0 bridgehead atoms. The van der Waals surface area contributed by atoms with Gasteiger partial charge in [0.1, 0.15) is 5.03 Å². The highest BCUT2D eigenvalue weighted by Crippen LogP contribution is 2.36. The summed E-state index contributed by atoms with van der Waals surface area (Å²) < 4.78 is 10.5. The van der Waals surface area contributed by atoms with Crippen LogP contribution in [0, 0.1) is 0 Å². The zero-order valence-electron chi connectivity index (χ0n) is 17.1. The normalized spacial score (nSPS) is 14.2. The zero-order valence-corrected chi connectivity index (χ0v) is 17.8. The third-order valence-corrected chi connectivity index (χ3v) is 5.37. The number of rotatable bonds is 12. The molecular weight excluding hydrogens is 378 g/mol. The lowest BCUT2D eigenvalue weighted by molar-refractivity contribution is -0.136. The molecule has 0 atom stereocenters. The molecule has 2 rings (SSSR count). The second-order valence-electron chi connectivity index (χ2n) is 7.00. The number of halogens is 1. The molecule has 0 fully saturated rings. The minimum absolute atomic E-state index is 0.0308. The lowest BCUT2D eigenvalue weighted by atomic mass is 10.1. The van der Waals surface area contributed by atoms with Crippen LogP contribution in [-0.2, 0) is 9.59 Å². The molecule has 0 aliphatic carbocycles. The summed E-state index contributed by atoms with van der Waals surface area (Å²) in [5, 5.41) is -0.0308. The molecule has 0 radical (unpaired) electrons. The van der Waals surface area contributed by atoms with Gasteiger partial charge >= 0.3 is 0 Å². The Morgan fingerprint density at radius 1 is 0.857 bits per heavy atom. The predicted molar refractivity (Wildman–Crippen MR) is 112 cm³/mol. The van der Waals surface area contributed by atoms with Crippen LogP contribution >= 0.6 is 11.6 Å². The highest BCUT2D eigenvalue weighted by atomic mass is 35.5. The summed E-state index contributed by atoms with van der Waals surface area (Å²) in [6.07, 6.45) is 9.22. The number of carbonyl (C=O) groups excluding carboxylic acids is 2. The lowest BCUT2D eigenvalue weighted by Gasteiger charge is -2.15. The molecule has 1 aromatic rings. The molecule has 1 aliphatic rings. The van der Waals surface area contributed by atoms with Crippen LogP contribution in [0.15, 0.2) is 23.2 Å². The number of methoxy groups -OCH3 is 2. The maximum Gasteiger partial charge on any atom is 0.273 e. The van der Waals surface area contributed by atoms with Crippen molar-refractivity contribution < 1.29 is 19.1 Å². The number of unbranched alkanes of at least 4 members (excludes halogenated alkanes) is 7. The third-order valence-electron chi connectivity index (χ3n) is 5.02. The van der Waals surface area contributed by atoms with E-state index in [4.69, 9.17) is 21.1 Å². The third kappa shape index (κ3) is 5.28. The van der Waals surface area contributed by atoms with E-state index < -0.39 is 5.91 Å². The standard InChI is InChI=1S/C22H30ClNO4/c1-4-5-6-7-8-9-10-11-14-24-21(25)19(20(23)22(24)26)16-12-13-17(27-2)18(15-16)28-3/h12-13,15H,4-11,14H2,1-3H3. The Morgan fingerprint density at radius 2 is 1.46 bits per heavy atom. The molecule has 154 valence electrons. The summed E-state index contributed by atoms with van der Waals surface area (Å²) in [4.78, 5) is 26.5. The summed E-state index contributed by atoms with van der Waals surface area (Å²) >= 11 is 6.23. The van der Waals surface area contributed by atoms with E-state index in [-0.39, 0.29) is 16.5 Å². The number of hydrogen-bond donors (Lipinski definition) is 0. The molecule has 1 aliphatic heterocycles. The number of hydrogen-bond acceptors (Lipinski definition) is 4. The van der Waals surface area contributed by atoms with Crippen molar-refractivity contribution in [3.63, 3.8) is 0 Å². The van der Waals surface area contributed by atoms with Crippen molar-refractivity contribution in [2.45, 2.75) is 58.3 Å². The van der Waals surface area contributed by atoms with Crippen LogP contribution in [0.2, 0.25) is 0 Å². The van der Waals surface area contributed by atoms with E-state index in [1.54, 1.807) is 25.3 Å². The molecular formula is C22H30ClNO4. The van der Waals surface area contributed by atoms with E-state index in [9.17, 15) is 9.59 Å². The van der Waals surface area contributed by atoms with Crippen LogP contribution in [0.25, 0.3) is 5.57 Å². The second-order valence-corrected chi connectivity index (χ2v) is 7.37. The fourth-order valence-corrected chi connectivity index (χ4v) is 3.69. The monoisotopic (exact) mass is 407 g/mol. The van der Waals surface area contributed by atoms with Gasteiger partial charge in [-0.3, -0.25) is 14.5 Å². The van der Waals surface area contributed by atoms with Crippen molar-refractivity contribution in [2.24, 2.45) is 0 Å². The van der Waals surface area contributed by atoms with Crippen molar-refractivity contribution >= 4 is 29.0 Å². The van der Waals surface area contributed by atoms with E-state index in [1.807, 2.05) is 0 Å². The van der Waals surface area contributed by atoms with Crippen LogP contribution in [0.3, 0.4) is 0 Å². The van der Waals surface area contributed by atoms with Crippen LogP contribution in [0.1, 0.15) is 63.9 Å². The molecule has 5 nitrogen and oxygen atoms in total. The Labute approximate surface area is 172 Å². The van der Waals surface area contributed by atoms with Crippen molar-refractivity contribution in [1.82, 2.24) is 4.90 Å². The number of carbonyl (C=O) groups is 2. The molecule has 0 spiro atoms. The van der Waals surface area contributed by atoms with Gasteiger partial charge in [0.15, 0.2) is 11.5 Å². The topological polar surface area (TPSA) is 55.8 Å². The summed E-state index contributed by atoms with van der Waals surface area (Å²) in [5.41, 5.74) is 0.784. The number of benzene rings is 1. The highest BCUT2D eigenvalue weighted by Gasteiger charge is 2.37. The summed E-state index contributed by atoms with van der Waals surface area (Å²) in [7, 11) is 3.06. The SMILES string of the molecule is CCCCCCCCCCN1C(=O)C(Cl)=C(c2ccc(OC)c(OC)c2)C1=O. The molecule has 6 heteroatoms. The van der Waals surface area contributed by atoms with Gasteiger partial charge in [0.25, 0.3) is 11.8 Å². The quantitative estimate of drug-likeness (QED) is 0.354. The first-order chi connectivity index (χ1) is 13.5. The first-order valence-corrected chi connectivity index (χ1v) is 10.4. The van der Waals surface area contributed by atoms with E-state index >= 15 is 0 Å². The van der Waals surface area contributed by atoms with Gasteiger partial charge < -0.3 is 9.47 Å². The lowest BCUT2D eigenvalue weighted by Crippen LogP contribution is -2.32. The van der Waals surface area contributed by atoms with E-state index in [1.165, 1.54) is 44.1 Å². The van der Waals surface area contributed by atoms with E-state index in [0.717, 1.165) is 19.3 Å². The molecule has 0 unspecified atom stereocenters. The average Bonchev–Trinajstić information content (AvgIpc) is 2.92. The second kappa shape index (κ2) is 11.1. The largest absolute Gasteiger partial charge is 0.493 e. The molecule has 1 aromatic carbocycles. The van der Waals surface area contributed by atoms with Gasteiger partial charge in [0, 0.05) is 6.54 Å². The Hall–Kier alpha value is -2.01. The van der Waals surface area contributed by atoms with Crippen LogP contribution in [0.5, 0.6) is 11.5 Å². The molecule has 2 amide bonds. The zero-order chi connectivity index (χ0) is 20.5.